The quantitative estimate of drug-likeness (QED) is 0.183. The van der Waals surface area contributed by atoms with Crippen LogP contribution in [-0.4, -0.2) is 4.40 Å². The predicted octanol–water partition coefficient (Wildman–Crippen LogP) is 11.4. The first-order chi connectivity index (χ1) is 20.4. The van der Waals surface area contributed by atoms with Gasteiger partial charge in [0, 0.05) is 21.5 Å². The first-order valence-electron chi connectivity index (χ1n) is 17.7. The van der Waals surface area contributed by atoms with Crippen molar-refractivity contribution in [1.82, 2.24) is 4.40 Å². The smallest absolute Gasteiger partial charge is 0.0623 e. The zero-order valence-corrected chi connectivity index (χ0v) is 25.4. The molecule has 3 aromatic carbocycles. The molecule has 0 fully saturated rings. The van der Waals surface area contributed by atoms with Gasteiger partial charge in [-0.15, -0.1) is 0 Å². The minimum atomic E-state index is 1.26. The second-order valence-electron chi connectivity index (χ2n) is 14.0. The highest BCUT2D eigenvalue weighted by Crippen LogP contribution is 2.46. The van der Waals surface area contributed by atoms with Crippen LogP contribution in [0.3, 0.4) is 0 Å². The Morgan fingerprint density at radius 2 is 0.854 bits per heavy atom. The highest BCUT2D eigenvalue weighted by molar-refractivity contribution is 6.25. The Morgan fingerprint density at radius 1 is 0.366 bits per heavy atom. The maximum atomic E-state index is 2.76. The highest BCUT2D eigenvalue weighted by Gasteiger charge is 2.26. The van der Waals surface area contributed by atoms with Crippen LogP contribution < -0.4 is 0 Å². The van der Waals surface area contributed by atoms with Crippen LogP contribution in [0.2, 0.25) is 0 Å². The molecule has 1 heteroatoms. The third-order valence-corrected chi connectivity index (χ3v) is 11.3. The van der Waals surface area contributed by atoms with Crippen LogP contribution in [0, 0.1) is 0 Å². The van der Waals surface area contributed by atoms with Crippen LogP contribution in [0.25, 0.3) is 38.1 Å². The van der Waals surface area contributed by atoms with Gasteiger partial charge in [-0.1, -0.05) is 70.3 Å². The number of rotatable bonds is 0. The molecule has 2 aromatic heterocycles. The SMILES string of the molecule is c1cc2c(c3c1CCCCCCC3)c1c3c(cc4c5cc6c(cc5n2c41)CCCCCCCC6)CCCCCCC3. The van der Waals surface area contributed by atoms with Gasteiger partial charge in [0.2, 0.25) is 0 Å². The number of fused-ring (bicyclic) bond motifs is 11. The van der Waals surface area contributed by atoms with Crippen LogP contribution >= 0.6 is 0 Å². The first kappa shape index (κ1) is 26.1. The summed E-state index contributed by atoms with van der Waals surface area (Å²) in [7, 11) is 0. The van der Waals surface area contributed by atoms with Crippen molar-refractivity contribution >= 4 is 38.1 Å². The minimum Gasteiger partial charge on any atom is -0.308 e. The van der Waals surface area contributed by atoms with Crippen LogP contribution in [0.5, 0.6) is 0 Å². The van der Waals surface area contributed by atoms with Gasteiger partial charge in [0.1, 0.15) is 0 Å². The normalized spacial score (nSPS) is 20.0. The molecule has 0 unspecified atom stereocenters. The molecule has 0 radical (unpaired) electrons. The maximum Gasteiger partial charge on any atom is 0.0623 e. The summed E-state index contributed by atoms with van der Waals surface area (Å²) in [4.78, 5) is 0. The number of nitrogens with zero attached hydrogens (tertiary/aromatic N) is 1. The lowest BCUT2D eigenvalue weighted by atomic mass is 9.88. The molecule has 0 amide bonds. The average molecular weight is 544 g/mol. The van der Waals surface area contributed by atoms with Crippen LogP contribution in [0.4, 0.5) is 0 Å². The monoisotopic (exact) mass is 543 g/mol. The van der Waals surface area contributed by atoms with Gasteiger partial charge in [-0.25, -0.2) is 0 Å². The summed E-state index contributed by atoms with van der Waals surface area (Å²) in [5.41, 5.74) is 14.6. The maximum absolute atomic E-state index is 2.76. The van der Waals surface area contributed by atoms with E-state index in [4.69, 9.17) is 0 Å². The molecule has 3 aliphatic carbocycles. The predicted molar refractivity (Wildman–Crippen MR) is 177 cm³/mol. The molecule has 214 valence electrons. The second-order valence-corrected chi connectivity index (χ2v) is 14.0. The fourth-order valence-electron chi connectivity index (χ4n) is 9.19. The van der Waals surface area contributed by atoms with E-state index in [0.717, 1.165) is 0 Å². The number of aromatic nitrogens is 1. The zero-order valence-electron chi connectivity index (χ0n) is 25.4. The van der Waals surface area contributed by atoms with Crippen molar-refractivity contribution in [3.8, 4) is 0 Å². The van der Waals surface area contributed by atoms with Gasteiger partial charge >= 0.3 is 0 Å². The summed E-state index contributed by atoms with van der Waals surface area (Å²) in [6.07, 6.45) is 29.8. The summed E-state index contributed by atoms with van der Waals surface area (Å²) in [6, 6.07) is 13.1. The van der Waals surface area contributed by atoms with E-state index >= 15 is 0 Å². The third-order valence-electron chi connectivity index (χ3n) is 11.3. The van der Waals surface area contributed by atoms with Crippen LogP contribution in [0.15, 0.2) is 30.3 Å². The van der Waals surface area contributed by atoms with Gasteiger partial charge in [-0.05, 0) is 135 Å². The molecule has 1 nitrogen and oxygen atoms in total. The first-order valence-corrected chi connectivity index (χ1v) is 17.7. The van der Waals surface area contributed by atoms with E-state index in [1.54, 1.807) is 55.1 Å². The molecular weight excluding hydrogens is 494 g/mol. The molecule has 0 saturated carbocycles. The molecule has 0 atom stereocenters. The van der Waals surface area contributed by atoms with Crippen molar-refractivity contribution in [3.63, 3.8) is 0 Å². The molecule has 8 rings (SSSR count). The van der Waals surface area contributed by atoms with E-state index in [1.807, 2.05) is 0 Å². The Balaban J connectivity index is 1.47. The molecule has 41 heavy (non-hydrogen) atoms. The van der Waals surface area contributed by atoms with Gasteiger partial charge in [0.15, 0.2) is 0 Å². The van der Waals surface area contributed by atoms with Gasteiger partial charge < -0.3 is 4.40 Å². The fourth-order valence-corrected chi connectivity index (χ4v) is 9.19. The Kier molecular flexibility index (Phi) is 7.18. The Labute approximate surface area is 247 Å². The van der Waals surface area contributed by atoms with E-state index < -0.39 is 0 Å². The molecule has 0 aliphatic heterocycles. The Bertz CT molecular complexity index is 1700. The lowest BCUT2D eigenvalue weighted by Crippen LogP contribution is -2.00. The van der Waals surface area contributed by atoms with Crippen molar-refractivity contribution in [2.24, 2.45) is 0 Å². The summed E-state index contributed by atoms with van der Waals surface area (Å²) in [5, 5.41) is 6.42. The molecule has 0 bridgehead atoms. The molecule has 0 spiro atoms. The van der Waals surface area contributed by atoms with Crippen molar-refractivity contribution in [1.29, 1.82) is 0 Å². The molecule has 2 heterocycles. The largest absolute Gasteiger partial charge is 0.308 e. The van der Waals surface area contributed by atoms with E-state index in [2.05, 4.69) is 34.7 Å². The number of benzene rings is 3. The fraction of sp³-hybridized carbons (Fsp3) is 0.550. The topological polar surface area (TPSA) is 4.41 Å². The molecule has 5 aromatic rings. The number of aryl methyl sites for hydroxylation is 6. The summed E-state index contributed by atoms with van der Waals surface area (Å²) in [5.74, 6) is 0. The van der Waals surface area contributed by atoms with Gasteiger partial charge in [0.05, 0.1) is 16.6 Å². The van der Waals surface area contributed by atoms with E-state index in [1.165, 1.54) is 158 Å². The lowest BCUT2D eigenvalue weighted by molar-refractivity contribution is 0.581. The van der Waals surface area contributed by atoms with E-state index in [-0.39, 0.29) is 0 Å². The minimum absolute atomic E-state index is 1.26. The molecule has 0 N–H and O–H groups in total. The van der Waals surface area contributed by atoms with Crippen molar-refractivity contribution in [2.45, 2.75) is 141 Å². The van der Waals surface area contributed by atoms with Gasteiger partial charge in [0.25, 0.3) is 0 Å². The van der Waals surface area contributed by atoms with Crippen molar-refractivity contribution in [2.75, 3.05) is 0 Å². The van der Waals surface area contributed by atoms with Crippen LogP contribution in [-0.2, 0) is 38.5 Å². The highest BCUT2D eigenvalue weighted by atomic mass is 14.9. The van der Waals surface area contributed by atoms with Crippen molar-refractivity contribution in [3.05, 3.63) is 63.7 Å². The van der Waals surface area contributed by atoms with Crippen molar-refractivity contribution < 1.29 is 0 Å². The molecule has 3 aliphatic rings. The zero-order chi connectivity index (χ0) is 27.2. The lowest BCUT2D eigenvalue weighted by Gasteiger charge is -2.16. The standard InChI is InChI=1S/C40H49N/c1-2-6-13-19-30-27-37-34(25-29(30)18-12-5-1)35-26-31-20-14-8-4-10-16-22-33(31)39-38-32-21-15-9-3-7-11-17-28(32)23-24-36(38)41(37)40(35)39/h23-27H,1-22H2. The number of hydrogen-bond donors (Lipinski definition) is 0. The third kappa shape index (κ3) is 4.58. The average Bonchev–Trinajstić information content (AvgIpc) is 3.55. The second kappa shape index (κ2) is 11.3. The summed E-state index contributed by atoms with van der Waals surface area (Å²) >= 11 is 0. The molecule has 0 saturated heterocycles. The Hall–Kier alpha value is -2.54. The van der Waals surface area contributed by atoms with E-state index in [0.29, 0.717) is 0 Å². The van der Waals surface area contributed by atoms with Crippen LogP contribution in [0.1, 0.15) is 136 Å². The van der Waals surface area contributed by atoms with Gasteiger partial charge in [-0.3, -0.25) is 0 Å². The molecular formula is C40H49N. The van der Waals surface area contributed by atoms with E-state index in [9.17, 15) is 0 Å². The number of hydrogen-bond acceptors (Lipinski definition) is 0. The summed E-state index contributed by atoms with van der Waals surface area (Å²) < 4.78 is 2.76. The van der Waals surface area contributed by atoms with Gasteiger partial charge in [-0.2, -0.15) is 0 Å². The Morgan fingerprint density at radius 3 is 1.51 bits per heavy atom. The summed E-state index contributed by atoms with van der Waals surface area (Å²) in [6.45, 7) is 0.